The van der Waals surface area contributed by atoms with Gasteiger partial charge in [-0.1, -0.05) is 0 Å². The molecule has 0 aromatic rings. The van der Waals surface area contributed by atoms with Crippen LogP contribution in [0.4, 0.5) is 4.79 Å². The molecular formula is C13H23N3O4. The van der Waals surface area contributed by atoms with Crippen LogP contribution in [0.5, 0.6) is 0 Å². The molecule has 0 aromatic heterocycles. The molecule has 7 nitrogen and oxygen atoms in total. The Balaban J connectivity index is 2.36. The van der Waals surface area contributed by atoms with Gasteiger partial charge in [0.2, 0.25) is 5.91 Å². The lowest BCUT2D eigenvalue weighted by Gasteiger charge is -2.31. The van der Waals surface area contributed by atoms with E-state index in [1.807, 2.05) is 0 Å². The third-order valence-electron chi connectivity index (χ3n) is 3.74. The predicted octanol–water partition coefficient (Wildman–Crippen LogP) is 0.504. The summed E-state index contributed by atoms with van der Waals surface area (Å²) in [4.78, 5) is 37.5. The number of likely N-dealkylation sites (tertiary alicyclic amines) is 1. The predicted molar refractivity (Wildman–Crippen MR) is 73.3 cm³/mol. The second kappa shape index (κ2) is 6.58. The number of nitrogens with one attached hydrogen (secondary N) is 1. The zero-order valence-corrected chi connectivity index (χ0v) is 12.3. The van der Waals surface area contributed by atoms with E-state index in [0.29, 0.717) is 0 Å². The highest BCUT2D eigenvalue weighted by Crippen LogP contribution is 2.12. The number of likely N-dealkylation sites (N-methyl/N-ethyl adjacent to an activating group) is 1. The van der Waals surface area contributed by atoms with Gasteiger partial charge < -0.3 is 20.2 Å². The Kier molecular flexibility index (Phi) is 5.35. The van der Waals surface area contributed by atoms with Gasteiger partial charge in [0.05, 0.1) is 0 Å². The SMILES string of the molecule is CN(C(=O)NCCC(=O)N1CCCC1)C(C)(C)C(=O)O. The number of hydrogen-bond acceptors (Lipinski definition) is 3. The van der Waals surface area contributed by atoms with Crippen LogP contribution in [0.25, 0.3) is 0 Å². The molecule has 0 unspecified atom stereocenters. The summed E-state index contributed by atoms with van der Waals surface area (Å²) in [6, 6.07) is -0.494. The van der Waals surface area contributed by atoms with Crippen molar-refractivity contribution in [3.8, 4) is 0 Å². The van der Waals surface area contributed by atoms with E-state index < -0.39 is 17.5 Å². The molecule has 1 heterocycles. The van der Waals surface area contributed by atoms with Crippen molar-refractivity contribution < 1.29 is 19.5 Å². The van der Waals surface area contributed by atoms with Gasteiger partial charge in [0.15, 0.2) is 0 Å². The largest absolute Gasteiger partial charge is 0.480 e. The Morgan fingerprint density at radius 2 is 1.80 bits per heavy atom. The number of carbonyl (C=O) groups is 3. The van der Waals surface area contributed by atoms with Gasteiger partial charge in [0, 0.05) is 33.1 Å². The molecule has 0 aromatic carbocycles. The van der Waals surface area contributed by atoms with Crippen LogP contribution in [0.15, 0.2) is 0 Å². The van der Waals surface area contributed by atoms with Crippen molar-refractivity contribution in [2.24, 2.45) is 0 Å². The van der Waals surface area contributed by atoms with E-state index in [1.165, 1.54) is 20.9 Å². The van der Waals surface area contributed by atoms with Gasteiger partial charge in [-0.15, -0.1) is 0 Å². The van der Waals surface area contributed by atoms with Gasteiger partial charge in [0.25, 0.3) is 0 Å². The number of hydrogen-bond donors (Lipinski definition) is 2. The van der Waals surface area contributed by atoms with Crippen LogP contribution in [-0.2, 0) is 9.59 Å². The molecule has 0 saturated carbocycles. The molecule has 114 valence electrons. The molecule has 0 aliphatic carbocycles. The Bertz CT molecular complexity index is 389. The number of urea groups is 1. The molecule has 1 saturated heterocycles. The Hall–Kier alpha value is -1.79. The minimum atomic E-state index is -1.29. The topological polar surface area (TPSA) is 90.0 Å². The van der Waals surface area contributed by atoms with Crippen molar-refractivity contribution in [3.05, 3.63) is 0 Å². The highest BCUT2D eigenvalue weighted by Gasteiger charge is 2.35. The minimum absolute atomic E-state index is 0.0305. The molecule has 1 fully saturated rings. The first-order valence-electron chi connectivity index (χ1n) is 6.79. The summed E-state index contributed by atoms with van der Waals surface area (Å²) < 4.78 is 0. The molecule has 2 N–H and O–H groups in total. The fraction of sp³-hybridized carbons (Fsp3) is 0.769. The highest BCUT2D eigenvalue weighted by molar-refractivity contribution is 5.85. The Labute approximate surface area is 118 Å². The van der Waals surface area contributed by atoms with Crippen LogP contribution < -0.4 is 5.32 Å². The molecule has 3 amide bonds. The minimum Gasteiger partial charge on any atom is -0.480 e. The fourth-order valence-electron chi connectivity index (χ4n) is 1.92. The second-order valence-electron chi connectivity index (χ2n) is 5.49. The molecule has 0 spiro atoms. The van der Waals surface area contributed by atoms with Gasteiger partial charge in [0.1, 0.15) is 5.54 Å². The van der Waals surface area contributed by atoms with Crippen molar-refractivity contribution >= 4 is 17.9 Å². The number of carboxylic acids is 1. The number of rotatable bonds is 5. The highest BCUT2D eigenvalue weighted by atomic mass is 16.4. The monoisotopic (exact) mass is 285 g/mol. The number of carboxylic acid groups (broad SMARTS) is 1. The molecule has 0 radical (unpaired) electrons. The molecule has 20 heavy (non-hydrogen) atoms. The summed E-state index contributed by atoms with van der Waals surface area (Å²) in [5.41, 5.74) is -1.29. The van der Waals surface area contributed by atoms with Crippen molar-refractivity contribution in [2.75, 3.05) is 26.7 Å². The van der Waals surface area contributed by atoms with Crippen molar-refractivity contribution in [3.63, 3.8) is 0 Å². The van der Waals surface area contributed by atoms with E-state index in [9.17, 15) is 14.4 Å². The summed E-state index contributed by atoms with van der Waals surface area (Å²) in [5, 5.41) is 11.6. The van der Waals surface area contributed by atoms with E-state index in [-0.39, 0.29) is 18.9 Å². The van der Waals surface area contributed by atoms with Crippen LogP contribution in [-0.4, -0.2) is 65.0 Å². The number of aliphatic carboxylic acids is 1. The smallest absolute Gasteiger partial charge is 0.329 e. The van der Waals surface area contributed by atoms with Crippen molar-refractivity contribution in [2.45, 2.75) is 38.6 Å². The van der Waals surface area contributed by atoms with Gasteiger partial charge in [-0.2, -0.15) is 0 Å². The molecule has 7 heteroatoms. The third kappa shape index (κ3) is 3.85. The van der Waals surface area contributed by atoms with E-state index in [0.717, 1.165) is 30.8 Å². The van der Waals surface area contributed by atoms with Gasteiger partial charge in [-0.3, -0.25) is 4.79 Å². The van der Waals surface area contributed by atoms with Crippen LogP contribution in [0.1, 0.15) is 33.1 Å². The van der Waals surface area contributed by atoms with Crippen LogP contribution in [0.2, 0.25) is 0 Å². The van der Waals surface area contributed by atoms with Gasteiger partial charge in [-0.25, -0.2) is 9.59 Å². The number of nitrogens with zero attached hydrogens (tertiary/aromatic N) is 2. The molecule has 1 aliphatic rings. The maximum Gasteiger partial charge on any atom is 0.329 e. The lowest BCUT2D eigenvalue weighted by molar-refractivity contribution is -0.147. The lowest BCUT2D eigenvalue weighted by Crippen LogP contribution is -2.54. The zero-order valence-electron chi connectivity index (χ0n) is 12.3. The Morgan fingerprint density at radius 3 is 2.30 bits per heavy atom. The molecular weight excluding hydrogens is 262 g/mol. The average Bonchev–Trinajstić information content (AvgIpc) is 2.91. The second-order valence-corrected chi connectivity index (χ2v) is 5.49. The molecule has 0 atom stereocenters. The summed E-state index contributed by atoms with van der Waals surface area (Å²) in [7, 11) is 1.42. The van der Waals surface area contributed by atoms with E-state index in [4.69, 9.17) is 5.11 Å². The third-order valence-corrected chi connectivity index (χ3v) is 3.74. The van der Waals surface area contributed by atoms with Gasteiger partial charge >= 0.3 is 12.0 Å². The maximum atomic E-state index is 11.8. The number of amides is 3. The molecule has 1 rings (SSSR count). The first kappa shape index (κ1) is 16.3. The van der Waals surface area contributed by atoms with E-state index in [1.54, 1.807) is 4.90 Å². The summed E-state index contributed by atoms with van der Waals surface area (Å²) in [5.74, 6) is -1.05. The van der Waals surface area contributed by atoms with Crippen molar-refractivity contribution in [1.82, 2.24) is 15.1 Å². The van der Waals surface area contributed by atoms with E-state index in [2.05, 4.69) is 5.32 Å². The first-order chi connectivity index (χ1) is 9.26. The summed E-state index contributed by atoms with van der Waals surface area (Å²) >= 11 is 0. The fourth-order valence-corrected chi connectivity index (χ4v) is 1.92. The quantitative estimate of drug-likeness (QED) is 0.770. The molecule has 1 aliphatic heterocycles. The maximum absolute atomic E-state index is 11.8. The van der Waals surface area contributed by atoms with Crippen LogP contribution in [0.3, 0.4) is 0 Å². The van der Waals surface area contributed by atoms with Crippen LogP contribution in [0, 0.1) is 0 Å². The Morgan fingerprint density at radius 1 is 1.25 bits per heavy atom. The number of carbonyl (C=O) groups excluding carboxylic acids is 2. The summed E-state index contributed by atoms with van der Waals surface area (Å²) in [6.45, 7) is 4.69. The lowest BCUT2D eigenvalue weighted by atomic mass is 10.1. The standard InChI is InChI=1S/C13H23N3O4/c1-13(2,11(18)19)15(3)12(20)14-7-6-10(17)16-8-4-5-9-16/h4-9H2,1-3H3,(H,14,20)(H,18,19). The first-order valence-corrected chi connectivity index (χ1v) is 6.79. The van der Waals surface area contributed by atoms with Crippen molar-refractivity contribution in [1.29, 1.82) is 0 Å². The molecule has 0 bridgehead atoms. The van der Waals surface area contributed by atoms with E-state index >= 15 is 0 Å². The van der Waals surface area contributed by atoms with Crippen LogP contribution >= 0.6 is 0 Å². The zero-order chi connectivity index (χ0) is 15.3. The normalized spacial score (nSPS) is 15.1. The average molecular weight is 285 g/mol. The summed E-state index contributed by atoms with van der Waals surface area (Å²) in [6.07, 6.45) is 2.31. The van der Waals surface area contributed by atoms with Gasteiger partial charge in [-0.05, 0) is 26.7 Å².